The molecule has 70 valence electrons. The van der Waals surface area contributed by atoms with Crippen LogP contribution in [0.3, 0.4) is 0 Å². The molecule has 1 aliphatic rings. The Bertz CT molecular complexity index is 157. The molecule has 0 saturated heterocycles. The van der Waals surface area contributed by atoms with E-state index in [2.05, 4.69) is 0 Å². The van der Waals surface area contributed by atoms with Crippen molar-refractivity contribution in [3.05, 3.63) is 0 Å². The minimum atomic E-state index is -0.393. The number of hydrogen-bond acceptors (Lipinski definition) is 2. The van der Waals surface area contributed by atoms with Crippen LogP contribution in [0.1, 0.15) is 45.4 Å². The Kier molecular flexibility index (Phi) is 3.27. The van der Waals surface area contributed by atoms with Crippen molar-refractivity contribution in [1.29, 1.82) is 0 Å². The van der Waals surface area contributed by atoms with Gasteiger partial charge in [-0.05, 0) is 32.1 Å². The number of hydrogen-bond donors (Lipinski definition) is 0. The number of methoxy groups -OCH3 is 1. The van der Waals surface area contributed by atoms with E-state index in [0.29, 0.717) is 12.2 Å². The molecule has 0 atom stereocenters. The lowest BCUT2D eigenvalue weighted by atomic mass is 9.93. The first-order chi connectivity index (χ1) is 5.75. The third-order valence-electron chi connectivity index (χ3n) is 2.79. The van der Waals surface area contributed by atoms with Gasteiger partial charge in [0.15, 0.2) is 5.78 Å². The molecule has 0 aromatic rings. The lowest BCUT2D eigenvalue weighted by Gasteiger charge is -2.25. The molecule has 0 aromatic carbocycles. The van der Waals surface area contributed by atoms with Gasteiger partial charge >= 0.3 is 0 Å². The molecule has 0 heterocycles. The van der Waals surface area contributed by atoms with Gasteiger partial charge in [0.2, 0.25) is 0 Å². The second-order valence-corrected chi connectivity index (χ2v) is 3.58. The van der Waals surface area contributed by atoms with Crippen molar-refractivity contribution in [3.8, 4) is 0 Å². The maximum Gasteiger partial charge on any atom is 0.164 e. The van der Waals surface area contributed by atoms with Crippen LogP contribution in [0.2, 0.25) is 0 Å². The zero-order valence-corrected chi connectivity index (χ0v) is 8.06. The van der Waals surface area contributed by atoms with E-state index < -0.39 is 5.60 Å². The minimum absolute atomic E-state index is 0.310. The third-order valence-corrected chi connectivity index (χ3v) is 2.79. The smallest absolute Gasteiger partial charge is 0.164 e. The summed E-state index contributed by atoms with van der Waals surface area (Å²) >= 11 is 0. The van der Waals surface area contributed by atoms with Crippen molar-refractivity contribution in [2.45, 2.75) is 51.0 Å². The summed E-state index contributed by atoms with van der Waals surface area (Å²) in [5.74, 6) is 0.310. The number of carbonyl (C=O) groups excluding carboxylic acids is 1. The number of Topliss-reactive ketones (excluding diaryl/α,β-unsaturated/α-hetero) is 1. The van der Waals surface area contributed by atoms with Crippen LogP contribution in [0, 0.1) is 0 Å². The van der Waals surface area contributed by atoms with Gasteiger partial charge in [-0.1, -0.05) is 6.92 Å². The van der Waals surface area contributed by atoms with Gasteiger partial charge in [-0.2, -0.15) is 0 Å². The summed E-state index contributed by atoms with van der Waals surface area (Å²) in [7, 11) is 1.67. The van der Waals surface area contributed by atoms with E-state index in [-0.39, 0.29) is 0 Å². The average molecular weight is 170 g/mol. The van der Waals surface area contributed by atoms with E-state index in [9.17, 15) is 4.79 Å². The van der Waals surface area contributed by atoms with Gasteiger partial charge in [0, 0.05) is 13.5 Å². The molecule has 1 saturated carbocycles. The molecule has 0 aliphatic heterocycles. The van der Waals surface area contributed by atoms with E-state index in [1.165, 1.54) is 0 Å². The van der Waals surface area contributed by atoms with Crippen LogP contribution in [0.5, 0.6) is 0 Å². The molecule has 0 amide bonds. The monoisotopic (exact) mass is 170 g/mol. The van der Waals surface area contributed by atoms with E-state index in [1.54, 1.807) is 7.11 Å². The van der Waals surface area contributed by atoms with E-state index in [1.807, 2.05) is 6.92 Å². The Morgan fingerprint density at radius 3 is 2.42 bits per heavy atom. The number of carbonyl (C=O) groups is 1. The van der Waals surface area contributed by atoms with Crippen LogP contribution in [-0.4, -0.2) is 18.5 Å². The molecule has 2 heteroatoms. The maximum atomic E-state index is 11.7. The summed E-state index contributed by atoms with van der Waals surface area (Å²) in [6.45, 7) is 2.04. The van der Waals surface area contributed by atoms with Crippen LogP contribution < -0.4 is 0 Å². The van der Waals surface area contributed by atoms with Crippen molar-refractivity contribution in [3.63, 3.8) is 0 Å². The van der Waals surface area contributed by atoms with Crippen molar-refractivity contribution < 1.29 is 9.53 Å². The molecular formula is C10H18O2. The molecule has 0 spiro atoms. The summed E-state index contributed by atoms with van der Waals surface area (Å²) in [4.78, 5) is 11.7. The van der Waals surface area contributed by atoms with Crippen molar-refractivity contribution in [2.24, 2.45) is 0 Å². The normalized spacial score (nSPS) is 21.2. The van der Waals surface area contributed by atoms with Crippen LogP contribution in [0.25, 0.3) is 0 Å². The Morgan fingerprint density at radius 2 is 2.00 bits per heavy atom. The number of rotatable bonds is 4. The second-order valence-electron chi connectivity index (χ2n) is 3.58. The lowest BCUT2D eigenvalue weighted by molar-refractivity contribution is -0.140. The van der Waals surface area contributed by atoms with E-state index >= 15 is 0 Å². The Morgan fingerprint density at radius 1 is 1.42 bits per heavy atom. The Labute approximate surface area is 74.3 Å². The minimum Gasteiger partial charge on any atom is -0.370 e. The summed E-state index contributed by atoms with van der Waals surface area (Å²) in [5.41, 5.74) is -0.393. The van der Waals surface area contributed by atoms with Gasteiger partial charge in [-0.15, -0.1) is 0 Å². The molecule has 0 radical (unpaired) electrons. The SMILES string of the molecule is CCCC(=O)C1(OC)CCCC1. The summed E-state index contributed by atoms with van der Waals surface area (Å²) in [6, 6.07) is 0. The summed E-state index contributed by atoms with van der Waals surface area (Å²) in [6.07, 6.45) is 5.76. The highest BCUT2D eigenvalue weighted by Crippen LogP contribution is 2.34. The van der Waals surface area contributed by atoms with Crippen LogP contribution in [0.4, 0.5) is 0 Å². The van der Waals surface area contributed by atoms with Gasteiger partial charge < -0.3 is 4.74 Å². The first-order valence-electron chi connectivity index (χ1n) is 4.83. The maximum absolute atomic E-state index is 11.7. The summed E-state index contributed by atoms with van der Waals surface area (Å²) in [5, 5.41) is 0. The second kappa shape index (κ2) is 4.04. The molecule has 1 fully saturated rings. The predicted molar refractivity (Wildman–Crippen MR) is 48.1 cm³/mol. The lowest BCUT2D eigenvalue weighted by Crippen LogP contribution is -2.37. The fourth-order valence-corrected chi connectivity index (χ4v) is 2.00. The summed E-state index contributed by atoms with van der Waals surface area (Å²) < 4.78 is 5.36. The highest BCUT2D eigenvalue weighted by atomic mass is 16.5. The van der Waals surface area contributed by atoms with Crippen molar-refractivity contribution in [2.75, 3.05) is 7.11 Å². The predicted octanol–water partition coefficient (Wildman–Crippen LogP) is 2.31. The molecule has 0 unspecified atom stereocenters. The van der Waals surface area contributed by atoms with Crippen molar-refractivity contribution in [1.82, 2.24) is 0 Å². The van der Waals surface area contributed by atoms with Gasteiger partial charge in [0.25, 0.3) is 0 Å². The molecule has 1 aliphatic carbocycles. The first kappa shape index (κ1) is 9.72. The Balaban J connectivity index is 2.59. The van der Waals surface area contributed by atoms with Crippen LogP contribution in [0.15, 0.2) is 0 Å². The van der Waals surface area contributed by atoms with Gasteiger partial charge in [-0.3, -0.25) is 4.79 Å². The number of ketones is 1. The van der Waals surface area contributed by atoms with Crippen LogP contribution >= 0.6 is 0 Å². The zero-order chi connectivity index (χ0) is 9.03. The van der Waals surface area contributed by atoms with Crippen LogP contribution in [-0.2, 0) is 9.53 Å². The van der Waals surface area contributed by atoms with Gasteiger partial charge in [-0.25, -0.2) is 0 Å². The fourth-order valence-electron chi connectivity index (χ4n) is 2.00. The fraction of sp³-hybridized carbons (Fsp3) is 0.900. The highest BCUT2D eigenvalue weighted by Gasteiger charge is 2.39. The third kappa shape index (κ3) is 1.69. The van der Waals surface area contributed by atoms with Gasteiger partial charge in [0.05, 0.1) is 0 Å². The molecular weight excluding hydrogens is 152 g/mol. The van der Waals surface area contributed by atoms with Gasteiger partial charge in [0.1, 0.15) is 5.60 Å². The molecule has 12 heavy (non-hydrogen) atoms. The zero-order valence-electron chi connectivity index (χ0n) is 8.06. The molecule has 0 N–H and O–H groups in total. The largest absolute Gasteiger partial charge is 0.370 e. The average Bonchev–Trinajstić information content (AvgIpc) is 2.54. The Hall–Kier alpha value is -0.370. The topological polar surface area (TPSA) is 26.3 Å². The first-order valence-corrected chi connectivity index (χ1v) is 4.83. The molecule has 1 rings (SSSR count). The highest BCUT2D eigenvalue weighted by molar-refractivity contribution is 5.87. The molecule has 0 aromatic heterocycles. The van der Waals surface area contributed by atoms with Crippen molar-refractivity contribution >= 4 is 5.78 Å². The number of ether oxygens (including phenoxy) is 1. The molecule has 0 bridgehead atoms. The standard InChI is InChI=1S/C10H18O2/c1-3-6-9(11)10(12-2)7-4-5-8-10/h3-8H2,1-2H3. The molecule has 2 nitrogen and oxygen atoms in total. The quantitative estimate of drug-likeness (QED) is 0.647. The van der Waals surface area contributed by atoms with E-state index in [0.717, 1.165) is 32.1 Å². The van der Waals surface area contributed by atoms with E-state index in [4.69, 9.17) is 4.74 Å².